The summed E-state index contributed by atoms with van der Waals surface area (Å²) in [5, 5.41) is 9.08. The molecule has 0 spiro atoms. The van der Waals surface area contributed by atoms with Crippen LogP contribution in [0.3, 0.4) is 0 Å². The minimum absolute atomic E-state index is 0.213. The van der Waals surface area contributed by atoms with Crippen molar-refractivity contribution in [1.82, 2.24) is 5.43 Å². The third-order valence-electron chi connectivity index (χ3n) is 6.97. The fourth-order valence-corrected chi connectivity index (χ4v) is 6.82. The summed E-state index contributed by atoms with van der Waals surface area (Å²) >= 11 is 4.85. The molecule has 5 rings (SSSR count). The predicted molar refractivity (Wildman–Crippen MR) is 170 cm³/mol. The molecular weight excluding hydrogens is 634 g/mol. The number of benzene rings is 3. The molecule has 1 aromatic heterocycles. The summed E-state index contributed by atoms with van der Waals surface area (Å²) in [5.74, 6) is -1.42. The molecule has 3 aromatic carbocycles. The molecule has 222 valence electrons. The lowest BCUT2D eigenvalue weighted by Gasteiger charge is -2.14. The lowest BCUT2D eigenvalue weighted by atomic mass is 9.95. The minimum atomic E-state index is -0.974. The maximum Gasteiger partial charge on any atom is 0.341 e. The van der Waals surface area contributed by atoms with E-state index in [0.717, 1.165) is 52.5 Å². The van der Waals surface area contributed by atoms with E-state index in [4.69, 9.17) is 14.2 Å². The van der Waals surface area contributed by atoms with Crippen molar-refractivity contribution in [1.29, 1.82) is 0 Å². The number of hydrogen-bond donors (Lipinski definition) is 2. The van der Waals surface area contributed by atoms with Crippen molar-refractivity contribution in [2.75, 3.05) is 19.0 Å². The van der Waals surface area contributed by atoms with E-state index in [0.29, 0.717) is 38.7 Å². The molecule has 0 saturated heterocycles. The highest BCUT2D eigenvalue weighted by Crippen LogP contribution is 2.39. The molecule has 0 fully saturated rings. The number of nitrogens with one attached hydrogen (secondary N) is 2. The predicted octanol–water partition coefficient (Wildman–Crippen LogP) is 6.40. The van der Waals surface area contributed by atoms with Gasteiger partial charge in [0.1, 0.15) is 11.6 Å². The summed E-state index contributed by atoms with van der Waals surface area (Å²) in [6.45, 7) is 2.27. The van der Waals surface area contributed by atoms with E-state index in [1.165, 1.54) is 24.7 Å². The smallest absolute Gasteiger partial charge is 0.341 e. The third kappa shape index (κ3) is 6.89. The van der Waals surface area contributed by atoms with Crippen LogP contribution in [0.15, 0.2) is 64.2 Å². The zero-order chi connectivity index (χ0) is 30.3. The van der Waals surface area contributed by atoms with Crippen LogP contribution in [0.4, 0.5) is 5.00 Å². The molecule has 1 aliphatic carbocycles. The normalized spacial score (nSPS) is 12.5. The Kier molecular flexibility index (Phi) is 9.73. The second-order valence-corrected chi connectivity index (χ2v) is 11.7. The van der Waals surface area contributed by atoms with Crippen LogP contribution in [0.25, 0.3) is 10.8 Å². The molecule has 0 unspecified atom stereocenters. The number of hydrazone groups is 1. The third-order valence-corrected chi connectivity index (χ3v) is 8.76. The summed E-state index contributed by atoms with van der Waals surface area (Å²) in [7, 11) is 1.53. The number of esters is 1. The molecule has 11 heteroatoms. The molecule has 4 aromatic rings. The molecule has 0 atom stereocenters. The molecule has 9 nitrogen and oxygen atoms in total. The van der Waals surface area contributed by atoms with Gasteiger partial charge in [-0.1, -0.05) is 42.5 Å². The number of thiophene rings is 1. The minimum Gasteiger partial charge on any atom is -0.493 e. The van der Waals surface area contributed by atoms with Crippen LogP contribution in [0.5, 0.6) is 11.5 Å². The molecule has 2 amide bonds. The van der Waals surface area contributed by atoms with Gasteiger partial charge in [-0.25, -0.2) is 10.2 Å². The number of halogens is 1. The monoisotopic (exact) mass is 663 g/mol. The quantitative estimate of drug-likeness (QED) is 0.0927. The zero-order valence-electron chi connectivity index (χ0n) is 23.7. The summed E-state index contributed by atoms with van der Waals surface area (Å²) in [4.78, 5) is 38.9. The lowest BCUT2D eigenvalue weighted by molar-refractivity contribution is -0.136. The number of amides is 2. The van der Waals surface area contributed by atoms with Crippen molar-refractivity contribution in [2.45, 2.75) is 39.2 Å². The van der Waals surface area contributed by atoms with Gasteiger partial charge in [0.15, 0.2) is 11.5 Å². The number of hydrogen-bond acceptors (Lipinski definition) is 8. The second-order valence-electron chi connectivity index (χ2n) is 9.75. The largest absolute Gasteiger partial charge is 0.493 e. The fourth-order valence-electron chi connectivity index (χ4n) is 4.97. The molecule has 0 aliphatic heterocycles. The Bertz CT molecular complexity index is 1710. The first-order valence-corrected chi connectivity index (χ1v) is 15.4. The number of fused-ring (bicyclic) bond motifs is 2. The first-order valence-electron chi connectivity index (χ1n) is 13.8. The topological polar surface area (TPSA) is 115 Å². The van der Waals surface area contributed by atoms with Crippen LogP contribution in [-0.2, 0) is 33.8 Å². The summed E-state index contributed by atoms with van der Waals surface area (Å²) in [6, 6.07) is 17.7. The number of nitrogens with zero attached hydrogens (tertiary/aromatic N) is 1. The van der Waals surface area contributed by atoms with Crippen LogP contribution in [-0.4, -0.2) is 37.7 Å². The molecule has 0 radical (unpaired) electrons. The van der Waals surface area contributed by atoms with Crippen LogP contribution in [0, 0.1) is 0 Å². The molecule has 0 bridgehead atoms. The Morgan fingerprint density at radius 2 is 1.84 bits per heavy atom. The molecular formula is C32H30BrN3O6S. The first kappa shape index (κ1) is 30.2. The van der Waals surface area contributed by atoms with Crippen LogP contribution >= 0.6 is 27.3 Å². The summed E-state index contributed by atoms with van der Waals surface area (Å²) < 4.78 is 17.5. The summed E-state index contributed by atoms with van der Waals surface area (Å²) in [5.41, 5.74) is 5.11. The van der Waals surface area contributed by atoms with E-state index in [2.05, 4.69) is 50.0 Å². The molecule has 43 heavy (non-hydrogen) atoms. The highest BCUT2D eigenvalue weighted by molar-refractivity contribution is 9.10. The Balaban J connectivity index is 1.24. The van der Waals surface area contributed by atoms with Crippen molar-refractivity contribution in [3.63, 3.8) is 0 Å². The number of ether oxygens (including phenoxy) is 3. The number of anilines is 1. The van der Waals surface area contributed by atoms with E-state index in [-0.39, 0.29) is 6.61 Å². The van der Waals surface area contributed by atoms with Crippen molar-refractivity contribution in [3.8, 4) is 11.5 Å². The van der Waals surface area contributed by atoms with E-state index in [1.54, 1.807) is 19.1 Å². The van der Waals surface area contributed by atoms with Gasteiger partial charge in [0.2, 0.25) is 0 Å². The molecule has 0 saturated carbocycles. The Hall–Kier alpha value is -4.22. The van der Waals surface area contributed by atoms with E-state index >= 15 is 0 Å². The first-order chi connectivity index (χ1) is 20.9. The Morgan fingerprint density at radius 3 is 2.65 bits per heavy atom. The summed E-state index contributed by atoms with van der Waals surface area (Å²) in [6.07, 6.45) is 4.91. The van der Waals surface area contributed by atoms with Crippen LogP contribution in [0.2, 0.25) is 0 Å². The zero-order valence-corrected chi connectivity index (χ0v) is 26.1. The van der Waals surface area contributed by atoms with E-state index < -0.39 is 17.8 Å². The van der Waals surface area contributed by atoms with Crippen molar-refractivity contribution < 1.29 is 28.6 Å². The lowest BCUT2D eigenvalue weighted by Crippen LogP contribution is -2.32. The molecule has 2 N–H and O–H groups in total. The number of carbonyl (C=O) groups is 3. The number of methoxy groups -OCH3 is 1. The van der Waals surface area contributed by atoms with Gasteiger partial charge < -0.3 is 19.5 Å². The van der Waals surface area contributed by atoms with E-state index in [1.807, 2.05) is 24.3 Å². The van der Waals surface area contributed by atoms with Gasteiger partial charge in [0, 0.05) is 4.88 Å². The highest BCUT2D eigenvalue weighted by Gasteiger charge is 2.28. The molecule has 1 aliphatic rings. The number of rotatable bonds is 9. The Morgan fingerprint density at radius 1 is 1.05 bits per heavy atom. The van der Waals surface area contributed by atoms with Crippen molar-refractivity contribution in [2.24, 2.45) is 5.10 Å². The SMILES string of the molecule is CCOC(=O)c1c(NC(=O)C(=O)N/N=C/c2cc(Br)c(OCc3cccc4ccccc34)c(OC)c2)sc2c1CCCC2. The molecule has 1 heterocycles. The average Bonchev–Trinajstić information content (AvgIpc) is 3.38. The van der Waals surface area contributed by atoms with Crippen LogP contribution in [0.1, 0.15) is 51.7 Å². The van der Waals surface area contributed by atoms with E-state index in [9.17, 15) is 14.4 Å². The van der Waals surface area contributed by atoms with Gasteiger partial charge in [-0.2, -0.15) is 5.10 Å². The van der Waals surface area contributed by atoms with Gasteiger partial charge in [-0.3, -0.25) is 9.59 Å². The maximum absolute atomic E-state index is 12.7. The van der Waals surface area contributed by atoms with Gasteiger partial charge in [-0.05, 0) is 88.1 Å². The standard InChI is InChI=1S/C32H30BrN3O6S/c1-3-41-32(39)27-23-13-6-7-14-26(23)43-31(27)35-29(37)30(38)36-34-17-19-15-24(33)28(25(16-19)40-2)42-18-21-11-8-10-20-9-4-5-12-22(20)21/h4-5,8-12,15-17H,3,6-7,13-14,18H2,1-2H3,(H,35,37)(H,36,38)/b34-17+. The van der Waals surface area contributed by atoms with Gasteiger partial charge >= 0.3 is 17.8 Å². The van der Waals surface area contributed by atoms with Gasteiger partial charge in [0.05, 0.1) is 30.0 Å². The number of aryl methyl sites for hydroxylation is 1. The number of carbonyl (C=O) groups excluding carboxylic acids is 3. The maximum atomic E-state index is 12.7. The Labute approximate surface area is 261 Å². The fraction of sp³-hybridized carbons (Fsp3) is 0.250. The van der Waals surface area contributed by atoms with Crippen molar-refractivity contribution >= 4 is 67.0 Å². The average molecular weight is 665 g/mol. The van der Waals surface area contributed by atoms with Gasteiger partial charge in [0.25, 0.3) is 0 Å². The second kappa shape index (κ2) is 13.8. The van der Waals surface area contributed by atoms with Gasteiger partial charge in [-0.15, -0.1) is 11.3 Å². The van der Waals surface area contributed by atoms with Crippen LogP contribution < -0.4 is 20.2 Å². The highest BCUT2D eigenvalue weighted by atomic mass is 79.9. The van der Waals surface area contributed by atoms with Crippen molar-refractivity contribution in [3.05, 3.63) is 86.2 Å².